The van der Waals surface area contributed by atoms with Crippen LogP contribution in [0.2, 0.25) is 10.2 Å². The van der Waals surface area contributed by atoms with E-state index in [1.807, 2.05) is 6.92 Å². The van der Waals surface area contributed by atoms with Gasteiger partial charge >= 0.3 is 5.97 Å². The van der Waals surface area contributed by atoms with Crippen LogP contribution in [0.4, 0.5) is 11.5 Å². The molecule has 2 aromatic heterocycles. The predicted molar refractivity (Wildman–Crippen MR) is 110 cm³/mol. The number of hydrogen-bond acceptors (Lipinski definition) is 4. The molecule has 0 saturated carbocycles. The molecule has 144 valence electrons. The average Bonchev–Trinajstić information content (AvgIpc) is 3.06. The van der Waals surface area contributed by atoms with Gasteiger partial charge in [0.25, 0.3) is 0 Å². The fraction of sp³-hybridized carbons (Fsp3) is 0.263. The van der Waals surface area contributed by atoms with E-state index in [-0.39, 0.29) is 28.3 Å². The van der Waals surface area contributed by atoms with Gasteiger partial charge in [0.05, 0.1) is 18.3 Å². The SMILES string of the molecule is [C-]#[N+]c1ccc(-c2c(Cl)nc3c(C(=O)O)cnn3c2N[C@@H](C)C(C)C)c(Cl)c1. The molecule has 0 aliphatic carbocycles. The van der Waals surface area contributed by atoms with Gasteiger partial charge < -0.3 is 10.4 Å². The number of halogens is 2. The van der Waals surface area contributed by atoms with Crippen LogP contribution in [-0.2, 0) is 0 Å². The van der Waals surface area contributed by atoms with E-state index in [1.54, 1.807) is 18.2 Å². The molecule has 3 rings (SSSR count). The number of carboxylic acids is 1. The fourth-order valence-corrected chi connectivity index (χ4v) is 3.19. The third-order valence-electron chi connectivity index (χ3n) is 4.55. The summed E-state index contributed by atoms with van der Waals surface area (Å²) in [5.41, 5.74) is 1.54. The second-order valence-corrected chi connectivity index (χ2v) is 7.44. The van der Waals surface area contributed by atoms with Crippen LogP contribution in [0.5, 0.6) is 0 Å². The second kappa shape index (κ2) is 7.66. The molecule has 0 radical (unpaired) electrons. The molecule has 3 aromatic rings. The Bertz CT molecular complexity index is 1120. The second-order valence-electron chi connectivity index (χ2n) is 6.68. The number of carbonyl (C=O) groups is 1. The van der Waals surface area contributed by atoms with Crippen LogP contribution in [0, 0.1) is 12.5 Å². The summed E-state index contributed by atoms with van der Waals surface area (Å²) in [6.45, 7) is 13.2. The molecular formula is C19H17Cl2N5O2. The molecule has 7 nitrogen and oxygen atoms in total. The molecule has 0 spiro atoms. The van der Waals surface area contributed by atoms with E-state index in [1.165, 1.54) is 10.7 Å². The van der Waals surface area contributed by atoms with E-state index in [9.17, 15) is 9.90 Å². The molecule has 0 fully saturated rings. The fourth-order valence-electron chi connectivity index (χ4n) is 2.65. The standard InChI is InChI=1S/C19H17Cl2N5O2/c1-9(2)10(3)24-18-15(12-6-5-11(22-4)7-14(12)20)16(21)25-17-13(19(27)28)8-23-26(17)18/h5-10,24H,1-3H3,(H,27,28)/t10-/m0/s1. The quantitative estimate of drug-likeness (QED) is 0.428. The van der Waals surface area contributed by atoms with Crippen molar-refractivity contribution in [3.63, 3.8) is 0 Å². The lowest BCUT2D eigenvalue weighted by Crippen LogP contribution is -2.24. The topological polar surface area (TPSA) is 83.9 Å². The maximum absolute atomic E-state index is 11.5. The van der Waals surface area contributed by atoms with Gasteiger partial charge in [0.2, 0.25) is 0 Å². The number of anilines is 1. The van der Waals surface area contributed by atoms with Gasteiger partial charge in [0, 0.05) is 16.6 Å². The third-order valence-corrected chi connectivity index (χ3v) is 5.13. The van der Waals surface area contributed by atoms with Crippen LogP contribution in [-0.4, -0.2) is 31.7 Å². The Morgan fingerprint density at radius 3 is 2.61 bits per heavy atom. The first kappa shape index (κ1) is 19.9. The molecule has 0 saturated heterocycles. The Hall–Kier alpha value is -2.82. The first-order chi connectivity index (χ1) is 13.2. The van der Waals surface area contributed by atoms with Crippen LogP contribution >= 0.6 is 23.2 Å². The summed E-state index contributed by atoms with van der Waals surface area (Å²) in [5.74, 6) is -0.376. The smallest absolute Gasteiger partial charge is 0.341 e. The van der Waals surface area contributed by atoms with Crippen LogP contribution in [0.15, 0.2) is 24.4 Å². The molecule has 28 heavy (non-hydrogen) atoms. The minimum absolute atomic E-state index is 0.0270. The molecule has 0 unspecified atom stereocenters. The molecule has 2 heterocycles. The zero-order chi connectivity index (χ0) is 20.6. The molecule has 0 bridgehead atoms. The molecule has 0 aliphatic heterocycles. The lowest BCUT2D eigenvalue weighted by Gasteiger charge is -2.22. The van der Waals surface area contributed by atoms with Crippen molar-refractivity contribution >= 4 is 46.3 Å². The Balaban J connectivity index is 2.34. The Kier molecular flexibility index (Phi) is 5.45. The van der Waals surface area contributed by atoms with Gasteiger partial charge in [-0.1, -0.05) is 49.2 Å². The van der Waals surface area contributed by atoms with E-state index >= 15 is 0 Å². The van der Waals surface area contributed by atoms with Gasteiger partial charge in [0.1, 0.15) is 16.5 Å². The van der Waals surface area contributed by atoms with E-state index in [0.29, 0.717) is 27.7 Å². The first-order valence-electron chi connectivity index (χ1n) is 8.49. The summed E-state index contributed by atoms with van der Waals surface area (Å²) < 4.78 is 1.42. The average molecular weight is 418 g/mol. The number of aromatic carboxylic acids is 1. The summed E-state index contributed by atoms with van der Waals surface area (Å²) >= 11 is 12.9. The molecule has 0 aliphatic rings. The summed E-state index contributed by atoms with van der Waals surface area (Å²) in [6, 6.07) is 4.90. The molecule has 2 N–H and O–H groups in total. The van der Waals surface area contributed by atoms with Gasteiger partial charge in [-0.2, -0.15) is 9.61 Å². The Labute approximate surface area is 171 Å². The third kappa shape index (κ3) is 3.49. The highest BCUT2D eigenvalue weighted by atomic mass is 35.5. The molecule has 1 atom stereocenters. The summed E-state index contributed by atoms with van der Waals surface area (Å²) in [4.78, 5) is 19.1. The van der Waals surface area contributed by atoms with E-state index in [0.717, 1.165) is 0 Å². The normalized spacial score (nSPS) is 12.2. The maximum Gasteiger partial charge on any atom is 0.341 e. The number of benzene rings is 1. The summed E-state index contributed by atoms with van der Waals surface area (Å²) in [5, 5.41) is 17.4. The highest BCUT2D eigenvalue weighted by molar-refractivity contribution is 6.36. The van der Waals surface area contributed by atoms with Gasteiger partial charge in [-0.3, -0.25) is 0 Å². The lowest BCUT2D eigenvalue weighted by molar-refractivity contribution is 0.0699. The van der Waals surface area contributed by atoms with Crippen molar-refractivity contribution in [3.05, 3.63) is 51.6 Å². The van der Waals surface area contributed by atoms with Gasteiger partial charge in [-0.05, 0) is 18.9 Å². The minimum atomic E-state index is -1.14. The van der Waals surface area contributed by atoms with Gasteiger partial charge in [-0.25, -0.2) is 14.6 Å². The predicted octanol–water partition coefficient (Wildman–Crippen LogP) is 5.41. The summed E-state index contributed by atoms with van der Waals surface area (Å²) in [6.07, 6.45) is 1.24. The number of hydrogen-bond donors (Lipinski definition) is 2. The van der Waals surface area contributed by atoms with Crippen molar-refractivity contribution in [2.75, 3.05) is 5.32 Å². The lowest BCUT2D eigenvalue weighted by atomic mass is 10.0. The van der Waals surface area contributed by atoms with E-state index in [2.05, 4.69) is 34.1 Å². The number of carboxylic acid groups (broad SMARTS) is 1. The number of nitrogens with one attached hydrogen (secondary N) is 1. The van der Waals surface area contributed by atoms with E-state index in [4.69, 9.17) is 29.8 Å². The number of nitrogens with zero attached hydrogens (tertiary/aromatic N) is 4. The summed E-state index contributed by atoms with van der Waals surface area (Å²) in [7, 11) is 0. The molecule has 0 amide bonds. The van der Waals surface area contributed by atoms with Gasteiger partial charge in [-0.15, -0.1) is 0 Å². The number of fused-ring (bicyclic) bond motifs is 1. The van der Waals surface area contributed by atoms with Crippen molar-refractivity contribution in [2.45, 2.75) is 26.8 Å². The first-order valence-corrected chi connectivity index (χ1v) is 9.24. The van der Waals surface area contributed by atoms with Crippen LogP contribution in [0.1, 0.15) is 31.1 Å². The largest absolute Gasteiger partial charge is 0.477 e. The van der Waals surface area contributed by atoms with Crippen molar-refractivity contribution in [3.8, 4) is 11.1 Å². The number of aromatic nitrogens is 3. The highest BCUT2D eigenvalue weighted by Gasteiger charge is 2.24. The molecule has 1 aromatic carbocycles. The van der Waals surface area contributed by atoms with Crippen LogP contribution in [0.3, 0.4) is 0 Å². The van der Waals surface area contributed by atoms with E-state index < -0.39 is 5.97 Å². The number of rotatable bonds is 5. The zero-order valence-electron chi connectivity index (χ0n) is 15.4. The van der Waals surface area contributed by atoms with Crippen molar-refractivity contribution in [2.24, 2.45) is 5.92 Å². The Morgan fingerprint density at radius 1 is 1.32 bits per heavy atom. The van der Waals surface area contributed by atoms with Crippen LogP contribution in [0.25, 0.3) is 21.6 Å². The monoisotopic (exact) mass is 417 g/mol. The van der Waals surface area contributed by atoms with Crippen molar-refractivity contribution in [1.29, 1.82) is 0 Å². The Morgan fingerprint density at radius 2 is 2.04 bits per heavy atom. The van der Waals surface area contributed by atoms with Gasteiger partial charge in [0.15, 0.2) is 11.3 Å². The highest BCUT2D eigenvalue weighted by Crippen LogP contribution is 2.40. The van der Waals surface area contributed by atoms with Crippen molar-refractivity contribution in [1.82, 2.24) is 14.6 Å². The zero-order valence-corrected chi connectivity index (χ0v) is 16.9. The maximum atomic E-state index is 11.5. The van der Waals surface area contributed by atoms with Crippen molar-refractivity contribution < 1.29 is 9.90 Å². The van der Waals surface area contributed by atoms with Crippen LogP contribution < -0.4 is 5.32 Å². The molecular weight excluding hydrogens is 401 g/mol. The molecule has 9 heteroatoms. The minimum Gasteiger partial charge on any atom is -0.477 e.